The number of alkyl halides is 1. The van der Waals surface area contributed by atoms with Crippen molar-refractivity contribution >= 4 is 11.9 Å². The van der Waals surface area contributed by atoms with Crippen LogP contribution in [0.25, 0.3) is 0 Å². The van der Waals surface area contributed by atoms with E-state index in [1.54, 1.807) is 6.92 Å². The van der Waals surface area contributed by atoms with Gasteiger partial charge in [0.15, 0.2) is 0 Å². The second-order valence-electron chi connectivity index (χ2n) is 3.38. The summed E-state index contributed by atoms with van der Waals surface area (Å²) in [5.41, 5.74) is -1.87. The monoisotopic (exact) mass is 172 g/mol. The zero-order valence-electron chi connectivity index (χ0n) is 6.56. The van der Waals surface area contributed by atoms with E-state index in [1.165, 1.54) is 0 Å². The lowest BCUT2D eigenvalue weighted by molar-refractivity contribution is -0.150. The Bertz CT molecular complexity index is 268. The molecule has 1 saturated heterocycles. The van der Waals surface area contributed by atoms with Gasteiger partial charge in [-0.1, -0.05) is 6.92 Å². The van der Waals surface area contributed by atoms with Crippen molar-refractivity contribution in [2.45, 2.75) is 25.1 Å². The number of fused-ring (bicyclic) bond motifs is 1. The number of carbonyl (C=O) groups excluding carboxylic acids is 2. The van der Waals surface area contributed by atoms with Crippen LogP contribution in [0.2, 0.25) is 0 Å². The lowest BCUT2D eigenvalue weighted by Gasteiger charge is -2.49. The Kier molecular flexibility index (Phi) is 1.23. The molecule has 0 spiro atoms. The maximum Gasteiger partial charge on any atom is 0.321 e. The maximum absolute atomic E-state index is 13.7. The molecule has 1 unspecified atom stereocenters. The van der Waals surface area contributed by atoms with Crippen LogP contribution in [-0.2, 0) is 4.79 Å². The summed E-state index contributed by atoms with van der Waals surface area (Å²) in [7, 11) is 0. The number of hydrogen-bond acceptors (Lipinski definition) is 2. The third-order valence-corrected chi connectivity index (χ3v) is 2.69. The summed E-state index contributed by atoms with van der Waals surface area (Å²) >= 11 is 0. The van der Waals surface area contributed by atoms with E-state index in [0.717, 1.165) is 0 Å². The fourth-order valence-corrected chi connectivity index (χ4v) is 1.82. The smallest absolute Gasteiger partial charge is 0.321 e. The number of imide groups is 1. The normalized spacial score (nSPS) is 45.5. The standard InChI is InChI=1S/C7H9FN2O2/c1-3-2-4-7(3,8)5(11)10-6(12)9-4/h3-4H,2H2,1H3,(H2,9,10,11,12)/t3?,4-,7-/m0/s1. The summed E-state index contributed by atoms with van der Waals surface area (Å²) < 4.78 is 13.7. The minimum atomic E-state index is -1.87. The molecule has 2 rings (SSSR count). The molecule has 1 aliphatic carbocycles. The molecule has 2 N–H and O–H groups in total. The number of rotatable bonds is 0. The van der Waals surface area contributed by atoms with Crippen molar-refractivity contribution in [2.24, 2.45) is 5.92 Å². The SMILES string of the molecule is CC1C[C@@H]2NC(=O)NC(=O)[C@]12F. The van der Waals surface area contributed by atoms with E-state index in [2.05, 4.69) is 5.32 Å². The molecule has 0 aromatic rings. The lowest BCUT2D eigenvalue weighted by Crippen LogP contribution is -2.75. The van der Waals surface area contributed by atoms with Crippen LogP contribution in [-0.4, -0.2) is 23.6 Å². The quantitative estimate of drug-likeness (QED) is 0.538. The molecule has 12 heavy (non-hydrogen) atoms. The van der Waals surface area contributed by atoms with Gasteiger partial charge in [0.05, 0.1) is 6.04 Å². The van der Waals surface area contributed by atoms with E-state index in [9.17, 15) is 14.0 Å². The van der Waals surface area contributed by atoms with Gasteiger partial charge in [0.1, 0.15) is 0 Å². The predicted octanol–water partition coefficient (Wildman–Crippen LogP) is -0.0575. The number of carbonyl (C=O) groups is 2. The Balaban J connectivity index is 2.26. The number of hydrogen-bond donors (Lipinski definition) is 2. The van der Waals surface area contributed by atoms with Gasteiger partial charge in [0, 0.05) is 5.92 Å². The van der Waals surface area contributed by atoms with Gasteiger partial charge in [0.2, 0.25) is 5.67 Å². The summed E-state index contributed by atoms with van der Waals surface area (Å²) in [6, 6.07) is -1.21. The second kappa shape index (κ2) is 1.97. The van der Waals surface area contributed by atoms with Crippen LogP contribution in [0.5, 0.6) is 0 Å². The van der Waals surface area contributed by atoms with Crippen molar-refractivity contribution in [3.05, 3.63) is 0 Å². The van der Waals surface area contributed by atoms with E-state index in [-0.39, 0.29) is 5.92 Å². The van der Waals surface area contributed by atoms with Gasteiger partial charge in [-0.15, -0.1) is 0 Å². The molecule has 0 bridgehead atoms. The fourth-order valence-electron chi connectivity index (χ4n) is 1.82. The van der Waals surface area contributed by atoms with Crippen LogP contribution >= 0.6 is 0 Å². The maximum atomic E-state index is 13.7. The molecule has 1 heterocycles. The van der Waals surface area contributed by atoms with E-state index >= 15 is 0 Å². The molecular weight excluding hydrogens is 163 g/mol. The highest BCUT2D eigenvalue weighted by molar-refractivity contribution is 6.03. The Morgan fingerprint density at radius 3 is 2.75 bits per heavy atom. The molecule has 2 fully saturated rings. The Morgan fingerprint density at radius 2 is 2.25 bits per heavy atom. The number of halogens is 1. The summed E-state index contributed by atoms with van der Waals surface area (Å²) in [5.74, 6) is -1.10. The molecule has 1 aliphatic heterocycles. The van der Waals surface area contributed by atoms with Crippen molar-refractivity contribution in [3.8, 4) is 0 Å². The van der Waals surface area contributed by atoms with Crippen LogP contribution in [0.1, 0.15) is 13.3 Å². The highest BCUT2D eigenvalue weighted by Gasteiger charge is 2.62. The van der Waals surface area contributed by atoms with E-state index < -0.39 is 23.6 Å². The summed E-state index contributed by atoms with van der Waals surface area (Å²) in [5, 5.41) is 4.29. The van der Waals surface area contributed by atoms with E-state index in [0.29, 0.717) is 6.42 Å². The molecule has 3 amide bonds. The molecule has 2 aliphatic rings. The Hall–Kier alpha value is -1.13. The van der Waals surface area contributed by atoms with Crippen molar-refractivity contribution in [1.82, 2.24) is 10.6 Å². The number of nitrogens with one attached hydrogen (secondary N) is 2. The number of amides is 3. The molecule has 66 valence electrons. The first-order chi connectivity index (χ1) is 5.55. The van der Waals surface area contributed by atoms with Gasteiger partial charge < -0.3 is 5.32 Å². The van der Waals surface area contributed by atoms with Crippen LogP contribution in [0, 0.1) is 5.92 Å². The topological polar surface area (TPSA) is 58.2 Å². The first kappa shape index (κ1) is 7.52. The minimum absolute atomic E-state index is 0.303. The van der Waals surface area contributed by atoms with Crippen molar-refractivity contribution in [1.29, 1.82) is 0 Å². The molecule has 0 aromatic carbocycles. The number of urea groups is 1. The van der Waals surface area contributed by atoms with Gasteiger partial charge in [-0.05, 0) is 6.42 Å². The van der Waals surface area contributed by atoms with Gasteiger partial charge >= 0.3 is 6.03 Å². The molecule has 0 aromatic heterocycles. The van der Waals surface area contributed by atoms with Crippen molar-refractivity contribution in [2.75, 3.05) is 0 Å². The third kappa shape index (κ3) is 0.659. The molecule has 5 heteroatoms. The van der Waals surface area contributed by atoms with Crippen LogP contribution in [0.4, 0.5) is 9.18 Å². The van der Waals surface area contributed by atoms with E-state index in [4.69, 9.17) is 0 Å². The van der Waals surface area contributed by atoms with Crippen LogP contribution in [0.3, 0.4) is 0 Å². The summed E-state index contributed by atoms with van der Waals surface area (Å²) in [4.78, 5) is 21.8. The van der Waals surface area contributed by atoms with Gasteiger partial charge in [-0.25, -0.2) is 9.18 Å². The lowest BCUT2D eigenvalue weighted by atomic mass is 9.66. The molecule has 3 atom stereocenters. The van der Waals surface area contributed by atoms with Gasteiger partial charge in [-0.2, -0.15) is 0 Å². The first-order valence-corrected chi connectivity index (χ1v) is 3.86. The van der Waals surface area contributed by atoms with Crippen LogP contribution < -0.4 is 10.6 Å². The largest absolute Gasteiger partial charge is 0.331 e. The molecule has 0 radical (unpaired) electrons. The van der Waals surface area contributed by atoms with Crippen LogP contribution in [0.15, 0.2) is 0 Å². The Labute approximate surface area is 68.5 Å². The second-order valence-corrected chi connectivity index (χ2v) is 3.38. The molecule has 4 nitrogen and oxygen atoms in total. The first-order valence-electron chi connectivity index (χ1n) is 3.86. The zero-order valence-corrected chi connectivity index (χ0v) is 6.56. The average molecular weight is 172 g/mol. The Morgan fingerprint density at radius 1 is 1.58 bits per heavy atom. The van der Waals surface area contributed by atoms with Crippen molar-refractivity contribution in [3.63, 3.8) is 0 Å². The van der Waals surface area contributed by atoms with Gasteiger partial charge in [0.25, 0.3) is 5.91 Å². The minimum Gasteiger partial charge on any atom is -0.331 e. The third-order valence-electron chi connectivity index (χ3n) is 2.69. The fraction of sp³-hybridized carbons (Fsp3) is 0.714. The predicted molar refractivity (Wildman–Crippen MR) is 38.1 cm³/mol. The van der Waals surface area contributed by atoms with E-state index in [1.807, 2.05) is 5.32 Å². The molecule has 1 saturated carbocycles. The zero-order chi connectivity index (χ0) is 8.93. The average Bonchev–Trinajstić information content (AvgIpc) is 2.00. The molecular formula is C7H9FN2O2. The highest BCUT2D eigenvalue weighted by Crippen LogP contribution is 2.43. The summed E-state index contributed by atoms with van der Waals surface area (Å²) in [6.45, 7) is 1.66. The summed E-state index contributed by atoms with van der Waals surface area (Å²) in [6.07, 6.45) is 0.537. The van der Waals surface area contributed by atoms with Crippen molar-refractivity contribution < 1.29 is 14.0 Å². The highest BCUT2D eigenvalue weighted by atomic mass is 19.1. The van der Waals surface area contributed by atoms with Gasteiger partial charge in [-0.3, -0.25) is 10.1 Å².